The van der Waals surface area contributed by atoms with Gasteiger partial charge in [-0.25, -0.2) is 0 Å². The SMILES string of the molecule is COc1cc(C=NOC(C)C(=O)N2CCN(c3ccccc3)CC2)ccc1OC(F)F. The van der Waals surface area contributed by atoms with E-state index >= 15 is 0 Å². The summed E-state index contributed by atoms with van der Waals surface area (Å²) in [5, 5.41) is 3.86. The number of halogens is 2. The molecule has 2 aromatic carbocycles. The second-order valence-corrected chi connectivity index (χ2v) is 6.92. The van der Waals surface area contributed by atoms with E-state index in [0.29, 0.717) is 18.7 Å². The molecule has 1 saturated heterocycles. The summed E-state index contributed by atoms with van der Waals surface area (Å²) < 4.78 is 34.2. The molecule has 3 rings (SSSR count). The van der Waals surface area contributed by atoms with Crippen LogP contribution in [0.5, 0.6) is 11.5 Å². The minimum absolute atomic E-state index is 0.0752. The molecule has 0 aliphatic carbocycles. The van der Waals surface area contributed by atoms with Gasteiger partial charge >= 0.3 is 6.61 Å². The number of oxime groups is 1. The number of piperazine rings is 1. The van der Waals surface area contributed by atoms with E-state index in [4.69, 9.17) is 9.57 Å². The Balaban J connectivity index is 1.50. The number of carbonyl (C=O) groups is 1. The Kier molecular flexibility index (Phi) is 7.64. The highest BCUT2D eigenvalue weighted by atomic mass is 19.3. The number of alkyl halides is 2. The van der Waals surface area contributed by atoms with Gasteiger partial charge in [0.1, 0.15) is 0 Å². The van der Waals surface area contributed by atoms with Crippen LogP contribution in [0.2, 0.25) is 0 Å². The van der Waals surface area contributed by atoms with Crippen molar-refractivity contribution in [3.8, 4) is 11.5 Å². The minimum Gasteiger partial charge on any atom is -0.493 e. The number of carbonyl (C=O) groups excluding carboxylic acids is 1. The standard InChI is InChI=1S/C22H25F2N3O4/c1-16(21(28)27-12-10-26(11-13-27)18-6-4-3-5-7-18)31-25-15-17-8-9-19(30-22(23)24)20(14-17)29-2/h3-9,14-16,22H,10-13H2,1-2H3. The molecule has 0 spiro atoms. The number of benzene rings is 2. The molecule has 2 aromatic rings. The summed E-state index contributed by atoms with van der Waals surface area (Å²) >= 11 is 0. The maximum Gasteiger partial charge on any atom is 0.387 e. The van der Waals surface area contributed by atoms with E-state index in [1.165, 1.54) is 31.5 Å². The molecule has 0 saturated carbocycles. The molecular formula is C22H25F2N3O4. The topological polar surface area (TPSA) is 63.6 Å². The summed E-state index contributed by atoms with van der Waals surface area (Å²) in [5.41, 5.74) is 1.69. The number of methoxy groups -OCH3 is 1. The number of rotatable bonds is 8. The molecule has 31 heavy (non-hydrogen) atoms. The number of amides is 1. The van der Waals surface area contributed by atoms with E-state index < -0.39 is 12.7 Å². The van der Waals surface area contributed by atoms with Gasteiger partial charge in [0, 0.05) is 37.4 Å². The lowest BCUT2D eigenvalue weighted by Gasteiger charge is -2.36. The lowest BCUT2D eigenvalue weighted by molar-refractivity contribution is -0.142. The van der Waals surface area contributed by atoms with Gasteiger partial charge in [-0.1, -0.05) is 23.4 Å². The van der Waals surface area contributed by atoms with Gasteiger partial charge in [0.05, 0.1) is 13.3 Å². The monoisotopic (exact) mass is 433 g/mol. The van der Waals surface area contributed by atoms with Gasteiger partial charge in [-0.2, -0.15) is 8.78 Å². The van der Waals surface area contributed by atoms with Gasteiger partial charge in [0.2, 0.25) is 6.10 Å². The Labute approximate surface area is 179 Å². The molecule has 7 nitrogen and oxygen atoms in total. The lowest BCUT2D eigenvalue weighted by atomic mass is 10.2. The predicted molar refractivity (Wildman–Crippen MR) is 113 cm³/mol. The third kappa shape index (κ3) is 6.07. The van der Waals surface area contributed by atoms with Gasteiger partial charge in [-0.3, -0.25) is 4.79 Å². The summed E-state index contributed by atoms with van der Waals surface area (Å²) in [4.78, 5) is 21.9. The fourth-order valence-corrected chi connectivity index (χ4v) is 3.27. The Morgan fingerprint density at radius 2 is 1.77 bits per heavy atom. The van der Waals surface area contributed by atoms with Crippen LogP contribution in [0.3, 0.4) is 0 Å². The van der Waals surface area contributed by atoms with E-state index in [1.807, 2.05) is 18.2 Å². The van der Waals surface area contributed by atoms with Crippen molar-refractivity contribution in [2.45, 2.75) is 19.6 Å². The molecule has 1 unspecified atom stereocenters. The summed E-state index contributed by atoms with van der Waals surface area (Å²) in [7, 11) is 1.35. The van der Waals surface area contributed by atoms with E-state index in [-0.39, 0.29) is 17.4 Å². The number of hydrogen-bond acceptors (Lipinski definition) is 6. The minimum atomic E-state index is -2.95. The Bertz CT molecular complexity index is 888. The van der Waals surface area contributed by atoms with Crippen LogP contribution in [0.4, 0.5) is 14.5 Å². The molecule has 0 bridgehead atoms. The quantitative estimate of drug-likeness (QED) is 0.472. The normalized spacial score (nSPS) is 15.3. The zero-order valence-electron chi connectivity index (χ0n) is 17.4. The highest BCUT2D eigenvalue weighted by Crippen LogP contribution is 2.29. The molecule has 9 heteroatoms. The summed E-state index contributed by atoms with van der Waals surface area (Å²) in [6.07, 6.45) is 0.633. The van der Waals surface area contributed by atoms with Gasteiger partial charge < -0.3 is 24.1 Å². The van der Waals surface area contributed by atoms with Gasteiger partial charge in [-0.05, 0) is 37.3 Å². The lowest BCUT2D eigenvalue weighted by Crippen LogP contribution is -2.51. The first kappa shape index (κ1) is 22.3. The molecule has 1 atom stereocenters. The molecule has 1 amide bonds. The van der Waals surface area contributed by atoms with Gasteiger partial charge in [-0.15, -0.1) is 0 Å². The van der Waals surface area contributed by atoms with Gasteiger partial charge in [0.25, 0.3) is 5.91 Å². The van der Waals surface area contributed by atoms with Crippen LogP contribution < -0.4 is 14.4 Å². The van der Waals surface area contributed by atoms with E-state index in [9.17, 15) is 13.6 Å². The Morgan fingerprint density at radius 3 is 2.42 bits per heavy atom. The average Bonchev–Trinajstić information content (AvgIpc) is 2.79. The van der Waals surface area contributed by atoms with Crippen LogP contribution in [0.1, 0.15) is 12.5 Å². The van der Waals surface area contributed by atoms with Crippen LogP contribution in [0, 0.1) is 0 Å². The maximum absolute atomic E-state index is 12.6. The maximum atomic E-state index is 12.6. The second kappa shape index (κ2) is 10.6. The Hall–Kier alpha value is -3.36. The molecule has 0 radical (unpaired) electrons. The van der Waals surface area contributed by atoms with Crippen LogP contribution in [-0.4, -0.2) is 63.0 Å². The summed E-state index contributed by atoms with van der Waals surface area (Å²) in [6.45, 7) is 1.40. The molecule has 166 valence electrons. The molecule has 1 aliphatic rings. The predicted octanol–water partition coefficient (Wildman–Crippen LogP) is 3.38. The number of ether oxygens (including phenoxy) is 2. The number of anilines is 1. The summed E-state index contributed by atoms with van der Waals surface area (Å²) in [6, 6.07) is 14.4. The fourth-order valence-electron chi connectivity index (χ4n) is 3.27. The largest absolute Gasteiger partial charge is 0.493 e. The first-order valence-corrected chi connectivity index (χ1v) is 9.88. The molecule has 0 N–H and O–H groups in total. The second-order valence-electron chi connectivity index (χ2n) is 6.92. The highest BCUT2D eigenvalue weighted by Gasteiger charge is 2.26. The Morgan fingerprint density at radius 1 is 1.06 bits per heavy atom. The molecule has 0 aromatic heterocycles. The first-order chi connectivity index (χ1) is 15.0. The van der Waals surface area contributed by atoms with Crippen LogP contribution in [0.15, 0.2) is 53.7 Å². The van der Waals surface area contributed by atoms with Crippen molar-refractivity contribution < 1.29 is 27.9 Å². The van der Waals surface area contributed by atoms with Crippen molar-refractivity contribution in [3.05, 3.63) is 54.1 Å². The molecule has 1 fully saturated rings. The van der Waals surface area contributed by atoms with Gasteiger partial charge in [0.15, 0.2) is 11.5 Å². The number of nitrogens with zero attached hydrogens (tertiary/aromatic N) is 3. The molecular weight excluding hydrogens is 408 g/mol. The fraction of sp³-hybridized carbons (Fsp3) is 0.364. The van der Waals surface area contributed by atoms with E-state index in [2.05, 4.69) is 26.9 Å². The highest BCUT2D eigenvalue weighted by molar-refractivity contribution is 5.82. The third-order valence-electron chi connectivity index (χ3n) is 4.88. The number of hydrogen-bond donors (Lipinski definition) is 0. The van der Waals surface area contributed by atoms with Crippen molar-refractivity contribution in [1.82, 2.24) is 4.90 Å². The summed E-state index contributed by atoms with van der Waals surface area (Å²) in [5.74, 6) is -0.0680. The van der Waals surface area contributed by atoms with E-state index in [0.717, 1.165) is 18.8 Å². The van der Waals surface area contributed by atoms with Crippen LogP contribution in [0.25, 0.3) is 0 Å². The van der Waals surface area contributed by atoms with Crippen molar-refractivity contribution in [2.24, 2.45) is 5.16 Å². The van der Waals surface area contributed by atoms with Crippen LogP contribution >= 0.6 is 0 Å². The average molecular weight is 433 g/mol. The van der Waals surface area contributed by atoms with Crippen LogP contribution in [-0.2, 0) is 9.63 Å². The third-order valence-corrected chi connectivity index (χ3v) is 4.88. The van der Waals surface area contributed by atoms with Crippen molar-refractivity contribution >= 4 is 17.8 Å². The molecule has 1 heterocycles. The zero-order valence-corrected chi connectivity index (χ0v) is 17.4. The molecule has 1 aliphatic heterocycles. The first-order valence-electron chi connectivity index (χ1n) is 9.88. The zero-order chi connectivity index (χ0) is 22.2. The smallest absolute Gasteiger partial charge is 0.387 e. The van der Waals surface area contributed by atoms with E-state index in [1.54, 1.807) is 11.8 Å². The number of para-hydroxylation sites is 1. The van der Waals surface area contributed by atoms with Crippen molar-refractivity contribution in [1.29, 1.82) is 0 Å². The van der Waals surface area contributed by atoms with Crippen molar-refractivity contribution in [2.75, 3.05) is 38.2 Å². The van der Waals surface area contributed by atoms with Crippen molar-refractivity contribution in [3.63, 3.8) is 0 Å².